The van der Waals surface area contributed by atoms with Crippen LogP contribution in [0, 0.1) is 0 Å². The summed E-state index contributed by atoms with van der Waals surface area (Å²) in [5.41, 5.74) is 6.11. The fourth-order valence-electron chi connectivity index (χ4n) is 1.71. The molecule has 104 valence electrons. The number of primary amides is 1. The van der Waals surface area contributed by atoms with Gasteiger partial charge >= 0.3 is 5.97 Å². The first kappa shape index (κ1) is 14.2. The highest BCUT2D eigenvalue weighted by molar-refractivity contribution is 7.81. The van der Waals surface area contributed by atoms with E-state index in [9.17, 15) is 9.59 Å². The number of benzene rings is 1. The Balaban J connectivity index is 2.16. The molecule has 1 heterocycles. The van der Waals surface area contributed by atoms with Crippen LogP contribution < -0.4 is 5.73 Å². The number of furan rings is 1. The number of carboxylic acids is 1. The summed E-state index contributed by atoms with van der Waals surface area (Å²) in [6.45, 7) is 0. The third-order valence-electron chi connectivity index (χ3n) is 2.80. The minimum Gasteiger partial charge on any atom is -0.478 e. The van der Waals surface area contributed by atoms with Crippen LogP contribution in [-0.4, -0.2) is 22.2 Å². The van der Waals surface area contributed by atoms with Gasteiger partial charge in [-0.3, -0.25) is 4.79 Å². The van der Waals surface area contributed by atoms with Crippen LogP contribution in [0.5, 0.6) is 0 Å². The van der Waals surface area contributed by atoms with Gasteiger partial charge in [0.25, 0.3) is 0 Å². The van der Waals surface area contributed by atoms with Gasteiger partial charge in [0.15, 0.2) is 0 Å². The number of hydrogen-bond acceptors (Lipinski definition) is 4. The molecule has 3 N–H and O–H groups in total. The lowest BCUT2D eigenvalue weighted by Crippen LogP contribution is -2.25. The molecule has 1 unspecified atom stereocenters. The highest BCUT2D eigenvalue weighted by Gasteiger charge is 2.14. The number of rotatable bonds is 5. The van der Waals surface area contributed by atoms with E-state index in [1.165, 1.54) is 12.1 Å². The van der Waals surface area contributed by atoms with Crippen LogP contribution >= 0.6 is 12.6 Å². The fraction of sp³-hybridized carbons (Fsp3) is 0.143. The van der Waals surface area contributed by atoms with Crippen LogP contribution in [0.4, 0.5) is 0 Å². The molecular weight excluding hydrogens is 278 g/mol. The van der Waals surface area contributed by atoms with Gasteiger partial charge in [-0.15, -0.1) is 0 Å². The third-order valence-corrected chi connectivity index (χ3v) is 3.24. The van der Waals surface area contributed by atoms with Gasteiger partial charge in [0.05, 0.1) is 10.8 Å². The lowest BCUT2D eigenvalue weighted by molar-refractivity contribution is -0.117. The fourth-order valence-corrected chi connectivity index (χ4v) is 1.89. The summed E-state index contributed by atoms with van der Waals surface area (Å²) < 4.78 is 5.59. The minimum atomic E-state index is -0.976. The molecule has 0 radical (unpaired) electrons. The second kappa shape index (κ2) is 5.83. The Morgan fingerprint density at radius 2 is 1.85 bits per heavy atom. The predicted octanol–water partition coefficient (Wildman–Crippen LogP) is 1.97. The van der Waals surface area contributed by atoms with Crippen molar-refractivity contribution in [1.29, 1.82) is 0 Å². The molecule has 2 rings (SSSR count). The van der Waals surface area contributed by atoms with Crippen molar-refractivity contribution in [2.24, 2.45) is 5.73 Å². The molecule has 1 aromatic heterocycles. The first-order valence-corrected chi connectivity index (χ1v) is 6.39. The van der Waals surface area contributed by atoms with Crippen molar-refractivity contribution in [2.45, 2.75) is 11.7 Å². The second-order valence-electron chi connectivity index (χ2n) is 4.27. The van der Waals surface area contributed by atoms with Crippen molar-refractivity contribution >= 4 is 24.5 Å². The molecule has 0 fully saturated rings. The monoisotopic (exact) mass is 291 g/mol. The topological polar surface area (TPSA) is 93.5 Å². The van der Waals surface area contributed by atoms with E-state index in [2.05, 4.69) is 12.6 Å². The van der Waals surface area contributed by atoms with Gasteiger partial charge in [0.1, 0.15) is 11.5 Å². The molecule has 0 aliphatic carbocycles. The van der Waals surface area contributed by atoms with Crippen LogP contribution in [-0.2, 0) is 11.2 Å². The molecule has 5 nitrogen and oxygen atoms in total. The minimum absolute atomic E-state index is 0.213. The Labute approximate surface area is 120 Å². The van der Waals surface area contributed by atoms with Crippen molar-refractivity contribution in [1.82, 2.24) is 0 Å². The number of carbonyl (C=O) groups excluding carboxylic acids is 1. The van der Waals surface area contributed by atoms with E-state index in [4.69, 9.17) is 15.3 Å². The highest BCUT2D eigenvalue weighted by Crippen LogP contribution is 2.23. The summed E-state index contributed by atoms with van der Waals surface area (Å²) in [5, 5.41) is 8.23. The normalized spacial score (nSPS) is 12.1. The van der Waals surface area contributed by atoms with E-state index in [1.807, 2.05) is 0 Å². The predicted molar refractivity (Wildman–Crippen MR) is 76.8 cm³/mol. The number of aromatic carboxylic acids is 1. The smallest absolute Gasteiger partial charge is 0.335 e. The van der Waals surface area contributed by atoms with Gasteiger partial charge in [-0.1, -0.05) is 12.1 Å². The van der Waals surface area contributed by atoms with Crippen LogP contribution in [0.2, 0.25) is 0 Å². The Morgan fingerprint density at radius 1 is 1.20 bits per heavy atom. The quantitative estimate of drug-likeness (QED) is 0.734. The number of hydrogen-bond donors (Lipinski definition) is 3. The molecule has 1 atom stereocenters. The van der Waals surface area contributed by atoms with E-state index in [0.717, 1.165) is 5.56 Å². The van der Waals surface area contributed by atoms with Gasteiger partial charge in [-0.2, -0.15) is 12.6 Å². The zero-order valence-corrected chi connectivity index (χ0v) is 11.3. The summed E-state index contributed by atoms with van der Waals surface area (Å²) in [6, 6.07) is 9.84. The van der Waals surface area contributed by atoms with Crippen molar-refractivity contribution in [2.75, 3.05) is 0 Å². The number of nitrogens with two attached hydrogens (primary N) is 1. The Morgan fingerprint density at radius 3 is 2.40 bits per heavy atom. The summed E-state index contributed by atoms with van der Waals surface area (Å²) in [6.07, 6.45) is 0.311. The van der Waals surface area contributed by atoms with Crippen LogP contribution in [0.25, 0.3) is 11.3 Å². The molecule has 0 aliphatic heterocycles. The summed E-state index contributed by atoms with van der Waals surface area (Å²) >= 11 is 4.07. The first-order chi connectivity index (χ1) is 9.47. The van der Waals surface area contributed by atoms with Gasteiger partial charge in [-0.05, 0) is 24.3 Å². The highest BCUT2D eigenvalue weighted by atomic mass is 32.1. The molecule has 20 heavy (non-hydrogen) atoms. The average molecular weight is 291 g/mol. The van der Waals surface area contributed by atoms with Crippen molar-refractivity contribution in [3.8, 4) is 11.3 Å². The summed E-state index contributed by atoms with van der Waals surface area (Å²) in [7, 11) is 0. The molecule has 0 spiro atoms. The summed E-state index contributed by atoms with van der Waals surface area (Å²) in [4.78, 5) is 21.7. The van der Waals surface area contributed by atoms with Crippen molar-refractivity contribution in [3.05, 3.63) is 47.7 Å². The summed E-state index contributed by atoms with van der Waals surface area (Å²) in [5.74, 6) is -0.281. The molecule has 0 saturated heterocycles. The maximum atomic E-state index is 10.9. The second-order valence-corrected chi connectivity index (χ2v) is 4.89. The molecule has 0 aliphatic rings. The van der Waals surface area contributed by atoms with Crippen molar-refractivity contribution < 1.29 is 19.1 Å². The van der Waals surface area contributed by atoms with Crippen LogP contribution in [0.3, 0.4) is 0 Å². The SMILES string of the molecule is NC(=O)C(S)Cc1ccc(-c2ccc(C(=O)O)cc2)o1. The number of carboxylic acid groups (broad SMARTS) is 1. The molecule has 1 amide bonds. The Bertz CT molecular complexity index is 633. The Kier molecular flexibility index (Phi) is 4.14. The zero-order chi connectivity index (χ0) is 14.7. The van der Waals surface area contributed by atoms with E-state index in [0.29, 0.717) is 17.9 Å². The maximum absolute atomic E-state index is 10.9. The molecule has 0 bridgehead atoms. The largest absolute Gasteiger partial charge is 0.478 e. The standard InChI is InChI=1S/C14H13NO4S/c15-13(16)12(20)7-10-5-6-11(19-10)8-1-3-9(4-2-8)14(17)18/h1-6,12,20H,7H2,(H2,15,16)(H,17,18). The van der Waals surface area contributed by atoms with E-state index in [1.54, 1.807) is 24.3 Å². The van der Waals surface area contributed by atoms with Gasteiger partial charge in [0.2, 0.25) is 5.91 Å². The number of carbonyl (C=O) groups is 2. The zero-order valence-electron chi connectivity index (χ0n) is 10.4. The van der Waals surface area contributed by atoms with E-state index >= 15 is 0 Å². The number of thiol groups is 1. The van der Waals surface area contributed by atoms with Crippen LogP contribution in [0.15, 0.2) is 40.8 Å². The Hall–Kier alpha value is -2.21. The van der Waals surface area contributed by atoms with Gasteiger partial charge in [-0.25, -0.2) is 4.79 Å². The van der Waals surface area contributed by atoms with Gasteiger partial charge < -0.3 is 15.3 Å². The lowest BCUT2D eigenvalue weighted by atomic mass is 10.1. The average Bonchev–Trinajstić information content (AvgIpc) is 2.87. The number of amides is 1. The van der Waals surface area contributed by atoms with E-state index in [-0.39, 0.29) is 5.56 Å². The van der Waals surface area contributed by atoms with Gasteiger partial charge in [0, 0.05) is 12.0 Å². The maximum Gasteiger partial charge on any atom is 0.335 e. The molecule has 2 aromatic rings. The third kappa shape index (κ3) is 3.21. The molecule has 6 heteroatoms. The molecular formula is C14H13NO4S. The molecule has 0 saturated carbocycles. The van der Waals surface area contributed by atoms with Crippen molar-refractivity contribution in [3.63, 3.8) is 0 Å². The first-order valence-electron chi connectivity index (χ1n) is 5.87. The van der Waals surface area contributed by atoms with E-state index < -0.39 is 17.1 Å². The van der Waals surface area contributed by atoms with Crippen LogP contribution in [0.1, 0.15) is 16.1 Å². The molecule has 1 aromatic carbocycles. The lowest BCUT2D eigenvalue weighted by Gasteiger charge is -2.03.